The molecule has 2 aromatic carbocycles. The Morgan fingerprint density at radius 3 is 2.78 bits per heavy atom. The number of aromatic hydroxyl groups is 1. The maximum absolute atomic E-state index is 12.3. The van der Waals surface area contributed by atoms with Crippen molar-refractivity contribution in [1.29, 1.82) is 0 Å². The number of benzene rings is 2. The van der Waals surface area contributed by atoms with Crippen molar-refractivity contribution in [3.8, 4) is 22.8 Å². The molecule has 3 N–H and O–H groups in total. The van der Waals surface area contributed by atoms with E-state index < -0.39 is 5.91 Å². The third kappa shape index (κ3) is 4.33. The van der Waals surface area contributed by atoms with Gasteiger partial charge in [-0.15, -0.1) is 0 Å². The summed E-state index contributed by atoms with van der Waals surface area (Å²) in [6.45, 7) is 4.36. The van der Waals surface area contributed by atoms with E-state index in [0.29, 0.717) is 23.6 Å². The highest BCUT2D eigenvalue weighted by Gasteiger charge is 2.16. The fraction of sp³-hybridized carbons (Fsp3) is 0.150. The Bertz CT molecular complexity index is 962. The summed E-state index contributed by atoms with van der Waals surface area (Å²) >= 11 is 0. The number of hydrogen-bond acceptors (Lipinski definition) is 5. The fourth-order valence-corrected chi connectivity index (χ4v) is 2.60. The van der Waals surface area contributed by atoms with Crippen molar-refractivity contribution in [3.05, 3.63) is 65.4 Å². The normalized spacial score (nSPS) is 10.9. The van der Waals surface area contributed by atoms with E-state index in [-0.39, 0.29) is 5.75 Å². The second-order valence-electron chi connectivity index (χ2n) is 5.82. The standard InChI is InChI=1S/C20H20N4O3/c1-3-27-17-9-7-15(8-10-17)18-13(2)19(23-22-18)20(26)24-21-12-14-5-4-6-16(25)11-14/h4-12,25H,3H2,1-2H3,(H,22,23)(H,24,26)/b21-12-. The highest BCUT2D eigenvalue weighted by Crippen LogP contribution is 2.25. The van der Waals surface area contributed by atoms with Gasteiger partial charge < -0.3 is 9.84 Å². The van der Waals surface area contributed by atoms with Gasteiger partial charge in [-0.05, 0) is 55.8 Å². The average molecular weight is 364 g/mol. The largest absolute Gasteiger partial charge is 0.508 e. The van der Waals surface area contributed by atoms with Gasteiger partial charge in [0.05, 0.1) is 18.5 Å². The molecule has 7 heteroatoms. The van der Waals surface area contributed by atoms with E-state index >= 15 is 0 Å². The number of H-pyrrole nitrogens is 1. The summed E-state index contributed by atoms with van der Waals surface area (Å²) < 4.78 is 5.43. The minimum absolute atomic E-state index is 0.134. The van der Waals surface area contributed by atoms with Crippen molar-refractivity contribution in [2.75, 3.05) is 6.61 Å². The predicted octanol–water partition coefficient (Wildman–Crippen LogP) is 3.25. The second kappa shape index (κ2) is 8.18. The van der Waals surface area contributed by atoms with Crippen LogP contribution in [0.15, 0.2) is 53.6 Å². The molecule has 1 amide bonds. The van der Waals surface area contributed by atoms with Gasteiger partial charge in [0.1, 0.15) is 17.2 Å². The topological polar surface area (TPSA) is 99.6 Å². The summed E-state index contributed by atoms with van der Waals surface area (Å²) in [6, 6.07) is 14.1. The first-order valence-corrected chi connectivity index (χ1v) is 8.49. The minimum atomic E-state index is -0.395. The van der Waals surface area contributed by atoms with Gasteiger partial charge in [-0.2, -0.15) is 10.2 Å². The summed E-state index contributed by atoms with van der Waals surface area (Å²) in [5.41, 5.74) is 5.77. The van der Waals surface area contributed by atoms with Gasteiger partial charge in [0.15, 0.2) is 0 Å². The first-order valence-electron chi connectivity index (χ1n) is 8.49. The van der Waals surface area contributed by atoms with Crippen molar-refractivity contribution in [2.45, 2.75) is 13.8 Å². The molecule has 1 heterocycles. The second-order valence-corrected chi connectivity index (χ2v) is 5.82. The number of rotatable bonds is 6. The van der Waals surface area contributed by atoms with Crippen molar-refractivity contribution in [1.82, 2.24) is 15.6 Å². The highest BCUT2D eigenvalue weighted by molar-refractivity contribution is 5.96. The molecule has 138 valence electrons. The van der Waals surface area contributed by atoms with E-state index in [2.05, 4.69) is 20.7 Å². The summed E-state index contributed by atoms with van der Waals surface area (Å²) in [4.78, 5) is 12.3. The van der Waals surface area contributed by atoms with Crippen LogP contribution in [-0.2, 0) is 0 Å². The third-order valence-electron chi connectivity index (χ3n) is 3.93. The number of nitrogens with one attached hydrogen (secondary N) is 2. The molecule has 0 aliphatic carbocycles. The predicted molar refractivity (Wildman–Crippen MR) is 103 cm³/mol. The van der Waals surface area contributed by atoms with E-state index in [9.17, 15) is 9.90 Å². The number of aromatic nitrogens is 2. The van der Waals surface area contributed by atoms with Gasteiger partial charge in [0, 0.05) is 11.1 Å². The van der Waals surface area contributed by atoms with Gasteiger partial charge in [0.25, 0.3) is 5.91 Å². The number of nitrogens with zero attached hydrogens (tertiary/aromatic N) is 2. The molecule has 0 radical (unpaired) electrons. The number of ether oxygens (including phenoxy) is 1. The maximum atomic E-state index is 12.3. The molecule has 0 aliphatic heterocycles. The molecule has 0 bridgehead atoms. The third-order valence-corrected chi connectivity index (χ3v) is 3.93. The molecule has 27 heavy (non-hydrogen) atoms. The Labute approximate surface area is 156 Å². The van der Waals surface area contributed by atoms with Crippen molar-refractivity contribution >= 4 is 12.1 Å². The zero-order valence-electron chi connectivity index (χ0n) is 15.1. The van der Waals surface area contributed by atoms with E-state index in [1.807, 2.05) is 38.1 Å². The van der Waals surface area contributed by atoms with Crippen molar-refractivity contribution in [2.24, 2.45) is 5.10 Å². The van der Waals surface area contributed by atoms with Gasteiger partial charge in [-0.25, -0.2) is 5.43 Å². The minimum Gasteiger partial charge on any atom is -0.508 e. The van der Waals surface area contributed by atoms with Crippen LogP contribution in [0.25, 0.3) is 11.3 Å². The summed E-state index contributed by atoms with van der Waals surface area (Å²) in [5.74, 6) is 0.525. The van der Waals surface area contributed by atoms with Crippen LogP contribution in [0.2, 0.25) is 0 Å². The fourth-order valence-electron chi connectivity index (χ4n) is 2.60. The maximum Gasteiger partial charge on any atom is 0.289 e. The molecule has 0 spiro atoms. The Hall–Kier alpha value is -3.61. The Kier molecular flexibility index (Phi) is 5.51. The van der Waals surface area contributed by atoms with Gasteiger partial charge >= 0.3 is 0 Å². The lowest BCUT2D eigenvalue weighted by atomic mass is 10.1. The zero-order valence-corrected chi connectivity index (χ0v) is 15.1. The molecule has 3 rings (SSSR count). The van der Waals surface area contributed by atoms with Crippen LogP contribution in [0.5, 0.6) is 11.5 Å². The quantitative estimate of drug-likeness (QED) is 0.462. The van der Waals surface area contributed by atoms with Gasteiger partial charge in [0.2, 0.25) is 0 Å². The number of hydrogen-bond donors (Lipinski definition) is 3. The molecule has 7 nitrogen and oxygen atoms in total. The first-order chi connectivity index (χ1) is 13.1. The molecule has 3 aromatic rings. The first kappa shape index (κ1) is 18.2. The van der Waals surface area contributed by atoms with Gasteiger partial charge in [-0.1, -0.05) is 12.1 Å². The number of amides is 1. The number of carbonyl (C=O) groups is 1. The molecule has 0 saturated carbocycles. The van der Waals surface area contributed by atoms with E-state index in [0.717, 1.165) is 16.9 Å². The number of carbonyl (C=O) groups excluding carboxylic acids is 1. The molecule has 0 aliphatic rings. The van der Waals surface area contributed by atoms with Crippen LogP contribution >= 0.6 is 0 Å². The number of aromatic amines is 1. The summed E-state index contributed by atoms with van der Waals surface area (Å²) in [7, 11) is 0. The smallest absolute Gasteiger partial charge is 0.289 e. The molecule has 1 aromatic heterocycles. The van der Waals surface area contributed by atoms with Crippen LogP contribution in [0.3, 0.4) is 0 Å². The molecule has 0 fully saturated rings. The number of phenolic OH excluding ortho intramolecular Hbond substituents is 1. The lowest BCUT2D eigenvalue weighted by Crippen LogP contribution is -2.19. The average Bonchev–Trinajstić information content (AvgIpc) is 3.04. The molecular weight excluding hydrogens is 344 g/mol. The Morgan fingerprint density at radius 2 is 2.07 bits per heavy atom. The van der Waals surface area contributed by atoms with Gasteiger partial charge in [-0.3, -0.25) is 9.89 Å². The number of phenols is 1. The van der Waals surface area contributed by atoms with E-state index in [4.69, 9.17) is 4.74 Å². The Morgan fingerprint density at radius 1 is 1.30 bits per heavy atom. The molecule has 0 unspecified atom stereocenters. The van der Waals surface area contributed by atoms with Crippen molar-refractivity contribution in [3.63, 3.8) is 0 Å². The van der Waals surface area contributed by atoms with Crippen LogP contribution in [0.4, 0.5) is 0 Å². The van der Waals surface area contributed by atoms with Crippen LogP contribution < -0.4 is 10.2 Å². The van der Waals surface area contributed by atoms with Crippen LogP contribution in [0.1, 0.15) is 28.5 Å². The summed E-state index contributed by atoms with van der Waals surface area (Å²) in [6.07, 6.45) is 1.46. The molecular formula is C20H20N4O3. The number of hydrazone groups is 1. The molecule has 0 atom stereocenters. The van der Waals surface area contributed by atoms with Crippen LogP contribution in [0, 0.1) is 6.92 Å². The zero-order chi connectivity index (χ0) is 19.2. The Balaban J connectivity index is 1.71. The van der Waals surface area contributed by atoms with E-state index in [1.165, 1.54) is 6.21 Å². The highest BCUT2D eigenvalue weighted by atomic mass is 16.5. The van der Waals surface area contributed by atoms with Crippen LogP contribution in [-0.4, -0.2) is 34.0 Å². The SMILES string of the molecule is CCOc1ccc(-c2n[nH]c(C(=O)N/N=C\c3cccc(O)c3)c2C)cc1. The van der Waals surface area contributed by atoms with Crippen molar-refractivity contribution < 1.29 is 14.6 Å². The summed E-state index contributed by atoms with van der Waals surface area (Å²) in [5, 5.41) is 20.3. The lowest BCUT2D eigenvalue weighted by molar-refractivity contribution is 0.0949. The van der Waals surface area contributed by atoms with E-state index in [1.54, 1.807) is 24.3 Å². The lowest BCUT2D eigenvalue weighted by Gasteiger charge is -2.04. The molecule has 0 saturated heterocycles. The monoisotopic (exact) mass is 364 g/mol.